The second-order valence-corrected chi connectivity index (χ2v) is 4.14. The molecule has 0 aromatic heterocycles. The number of aromatic hydroxyl groups is 2. The fourth-order valence-electron chi connectivity index (χ4n) is 1.68. The van der Waals surface area contributed by atoms with Crippen LogP contribution in [0.2, 0.25) is 0 Å². The van der Waals surface area contributed by atoms with Crippen molar-refractivity contribution in [3.63, 3.8) is 0 Å². The molecule has 3 N–H and O–H groups in total. The Labute approximate surface area is 111 Å². The number of carbonyl (C=O) groups is 2. The lowest BCUT2D eigenvalue weighted by atomic mass is 10.1. The molecule has 0 aliphatic rings. The molecule has 0 spiro atoms. The minimum Gasteiger partial charge on any atom is -0.508 e. The van der Waals surface area contributed by atoms with Crippen LogP contribution in [-0.4, -0.2) is 47.1 Å². The van der Waals surface area contributed by atoms with Crippen LogP contribution >= 0.6 is 0 Å². The number of nitrogens with one attached hydrogen (secondary N) is 1. The number of carbonyl (C=O) groups excluding carboxylic acids is 2. The summed E-state index contributed by atoms with van der Waals surface area (Å²) in [6.45, 7) is 2.26. The Morgan fingerprint density at radius 3 is 2.26 bits per heavy atom. The molecule has 0 saturated carbocycles. The van der Waals surface area contributed by atoms with E-state index < -0.39 is 5.91 Å². The first kappa shape index (κ1) is 14.8. The number of hydrogen-bond donors (Lipinski definition) is 3. The summed E-state index contributed by atoms with van der Waals surface area (Å²) >= 11 is 0. The quantitative estimate of drug-likeness (QED) is 0.731. The first-order valence-electron chi connectivity index (χ1n) is 6.00. The van der Waals surface area contributed by atoms with Crippen LogP contribution in [0.3, 0.4) is 0 Å². The van der Waals surface area contributed by atoms with E-state index in [4.69, 9.17) is 0 Å². The number of nitrogens with zero attached hydrogens (tertiary/aromatic N) is 1. The van der Waals surface area contributed by atoms with E-state index in [2.05, 4.69) is 5.32 Å². The smallest absolute Gasteiger partial charge is 0.254 e. The van der Waals surface area contributed by atoms with Crippen molar-refractivity contribution in [2.24, 2.45) is 0 Å². The predicted octanol–water partition coefficient (Wildman–Crippen LogP) is 0.696. The van der Waals surface area contributed by atoms with Gasteiger partial charge in [0.25, 0.3) is 5.91 Å². The summed E-state index contributed by atoms with van der Waals surface area (Å²) in [5.41, 5.74) is 0.148. The maximum absolute atomic E-state index is 12.2. The van der Waals surface area contributed by atoms with E-state index in [1.807, 2.05) is 6.92 Å². The van der Waals surface area contributed by atoms with Gasteiger partial charge in [-0.1, -0.05) is 6.92 Å². The zero-order valence-corrected chi connectivity index (χ0v) is 11.0. The lowest BCUT2D eigenvalue weighted by Crippen LogP contribution is -2.40. The fraction of sp³-hybridized carbons (Fsp3) is 0.385. The highest BCUT2D eigenvalue weighted by Crippen LogP contribution is 2.21. The van der Waals surface area contributed by atoms with Gasteiger partial charge in [-0.25, -0.2) is 0 Å². The van der Waals surface area contributed by atoms with Crippen LogP contribution in [0.1, 0.15) is 23.7 Å². The van der Waals surface area contributed by atoms with E-state index in [9.17, 15) is 19.8 Å². The first-order valence-corrected chi connectivity index (χ1v) is 6.00. The van der Waals surface area contributed by atoms with Gasteiger partial charge in [0.05, 0.1) is 6.54 Å². The molecule has 0 atom stereocenters. The van der Waals surface area contributed by atoms with Crippen LogP contribution in [0, 0.1) is 0 Å². The summed E-state index contributed by atoms with van der Waals surface area (Å²) in [7, 11) is 1.50. The number of hydrogen-bond acceptors (Lipinski definition) is 4. The number of amides is 2. The van der Waals surface area contributed by atoms with E-state index in [-0.39, 0.29) is 29.5 Å². The molecule has 0 bridgehead atoms. The molecular formula is C13H18N2O4. The van der Waals surface area contributed by atoms with Gasteiger partial charge in [-0.05, 0) is 18.6 Å². The molecule has 0 fully saturated rings. The van der Waals surface area contributed by atoms with Gasteiger partial charge in [-0.2, -0.15) is 0 Å². The number of benzene rings is 1. The summed E-state index contributed by atoms with van der Waals surface area (Å²) in [5, 5.41) is 21.2. The summed E-state index contributed by atoms with van der Waals surface area (Å²) in [6.07, 6.45) is 0.702. The Bertz CT molecular complexity index is 453. The largest absolute Gasteiger partial charge is 0.508 e. The van der Waals surface area contributed by atoms with Gasteiger partial charge in [0.15, 0.2) is 0 Å². The Kier molecular flexibility index (Phi) is 5.17. The summed E-state index contributed by atoms with van der Waals surface area (Å²) in [6, 6.07) is 3.66. The second-order valence-electron chi connectivity index (χ2n) is 4.14. The normalized spacial score (nSPS) is 10.0. The minimum atomic E-state index is -0.406. The standard InChI is InChI=1S/C13H18N2O4/c1-3-4-15(8-12(18)14-2)13(19)9-5-10(16)7-11(17)6-9/h5-7,16-17H,3-4,8H2,1-2H3,(H,14,18). The molecular weight excluding hydrogens is 248 g/mol. The maximum Gasteiger partial charge on any atom is 0.254 e. The molecule has 0 aliphatic heterocycles. The minimum absolute atomic E-state index is 0.0560. The molecule has 19 heavy (non-hydrogen) atoms. The van der Waals surface area contributed by atoms with Crippen LogP contribution < -0.4 is 5.32 Å². The zero-order chi connectivity index (χ0) is 14.4. The van der Waals surface area contributed by atoms with Crippen molar-refractivity contribution in [1.82, 2.24) is 10.2 Å². The van der Waals surface area contributed by atoms with Crippen molar-refractivity contribution in [3.8, 4) is 11.5 Å². The van der Waals surface area contributed by atoms with Gasteiger partial charge in [-0.3, -0.25) is 9.59 Å². The summed E-state index contributed by atoms with van der Waals surface area (Å²) in [5.74, 6) is -1.07. The van der Waals surface area contributed by atoms with Gasteiger partial charge in [-0.15, -0.1) is 0 Å². The molecule has 1 aromatic rings. The Morgan fingerprint density at radius 1 is 1.21 bits per heavy atom. The van der Waals surface area contributed by atoms with Crippen molar-refractivity contribution in [3.05, 3.63) is 23.8 Å². The number of likely N-dealkylation sites (N-methyl/N-ethyl adjacent to an activating group) is 1. The van der Waals surface area contributed by atoms with Crippen LogP contribution in [0.5, 0.6) is 11.5 Å². The van der Waals surface area contributed by atoms with Crippen LogP contribution in [-0.2, 0) is 4.79 Å². The third kappa shape index (κ3) is 4.17. The Balaban J connectivity index is 2.94. The second kappa shape index (κ2) is 6.63. The molecule has 0 radical (unpaired) electrons. The molecule has 0 heterocycles. The predicted molar refractivity (Wildman–Crippen MR) is 70.0 cm³/mol. The number of phenols is 2. The number of rotatable bonds is 5. The molecule has 0 aliphatic carbocycles. The van der Waals surface area contributed by atoms with E-state index >= 15 is 0 Å². The maximum atomic E-state index is 12.2. The average Bonchev–Trinajstić information content (AvgIpc) is 2.36. The third-order valence-electron chi connectivity index (χ3n) is 2.54. The zero-order valence-electron chi connectivity index (χ0n) is 11.0. The van der Waals surface area contributed by atoms with E-state index in [0.717, 1.165) is 6.07 Å². The van der Waals surface area contributed by atoms with Crippen molar-refractivity contribution in [2.75, 3.05) is 20.1 Å². The molecule has 0 unspecified atom stereocenters. The van der Waals surface area contributed by atoms with Crippen molar-refractivity contribution in [2.45, 2.75) is 13.3 Å². The molecule has 104 valence electrons. The van der Waals surface area contributed by atoms with Gasteiger partial charge < -0.3 is 20.4 Å². The molecule has 6 nitrogen and oxygen atoms in total. The van der Waals surface area contributed by atoms with Crippen LogP contribution in [0.4, 0.5) is 0 Å². The summed E-state index contributed by atoms with van der Waals surface area (Å²) in [4.78, 5) is 24.9. The first-order chi connectivity index (χ1) is 8.97. The third-order valence-corrected chi connectivity index (χ3v) is 2.54. The van der Waals surface area contributed by atoms with Gasteiger partial charge >= 0.3 is 0 Å². The highest BCUT2D eigenvalue weighted by atomic mass is 16.3. The molecule has 0 saturated heterocycles. The van der Waals surface area contributed by atoms with Gasteiger partial charge in [0.2, 0.25) is 5.91 Å². The van der Waals surface area contributed by atoms with Crippen molar-refractivity contribution < 1.29 is 19.8 Å². The highest BCUT2D eigenvalue weighted by Gasteiger charge is 2.18. The Morgan fingerprint density at radius 2 is 1.79 bits per heavy atom. The lowest BCUT2D eigenvalue weighted by Gasteiger charge is -2.21. The average molecular weight is 266 g/mol. The van der Waals surface area contributed by atoms with Gasteiger partial charge in [0, 0.05) is 25.2 Å². The van der Waals surface area contributed by atoms with Crippen molar-refractivity contribution >= 4 is 11.8 Å². The van der Waals surface area contributed by atoms with E-state index in [1.54, 1.807) is 0 Å². The van der Waals surface area contributed by atoms with Crippen molar-refractivity contribution in [1.29, 1.82) is 0 Å². The molecule has 2 amide bonds. The molecule has 6 heteroatoms. The van der Waals surface area contributed by atoms with E-state index in [0.29, 0.717) is 13.0 Å². The van der Waals surface area contributed by atoms with Crippen LogP contribution in [0.25, 0.3) is 0 Å². The monoisotopic (exact) mass is 266 g/mol. The van der Waals surface area contributed by atoms with Crippen LogP contribution in [0.15, 0.2) is 18.2 Å². The van der Waals surface area contributed by atoms with Gasteiger partial charge in [0.1, 0.15) is 11.5 Å². The number of phenolic OH excluding ortho intramolecular Hbond substituents is 2. The molecule has 1 aromatic carbocycles. The highest BCUT2D eigenvalue weighted by molar-refractivity contribution is 5.97. The lowest BCUT2D eigenvalue weighted by molar-refractivity contribution is -0.121. The van der Waals surface area contributed by atoms with E-state index in [1.165, 1.54) is 24.1 Å². The summed E-state index contributed by atoms with van der Waals surface area (Å²) < 4.78 is 0. The molecule has 1 rings (SSSR count). The Hall–Kier alpha value is -2.24. The fourth-order valence-corrected chi connectivity index (χ4v) is 1.68. The SMILES string of the molecule is CCCN(CC(=O)NC)C(=O)c1cc(O)cc(O)c1. The topological polar surface area (TPSA) is 89.9 Å².